The molecule has 0 unspecified atom stereocenters. The van der Waals surface area contributed by atoms with Crippen LogP contribution in [0.5, 0.6) is 0 Å². The van der Waals surface area contributed by atoms with Crippen LogP contribution in [0.25, 0.3) is 0 Å². The molecule has 2 fully saturated rings. The summed E-state index contributed by atoms with van der Waals surface area (Å²) in [7, 11) is 0. The molecule has 3 nitrogen and oxygen atoms in total. The maximum absolute atomic E-state index is 12.0. The van der Waals surface area contributed by atoms with Gasteiger partial charge in [0.2, 0.25) is 5.91 Å². The number of hydrogen-bond acceptors (Lipinski definition) is 2. The van der Waals surface area contributed by atoms with E-state index in [9.17, 15) is 4.79 Å². The molecule has 2 rings (SSSR count). The van der Waals surface area contributed by atoms with Crippen molar-refractivity contribution in [2.75, 3.05) is 6.61 Å². The van der Waals surface area contributed by atoms with Crippen molar-refractivity contribution in [2.24, 2.45) is 5.41 Å². The summed E-state index contributed by atoms with van der Waals surface area (Å²) >= 11 is 0. The molecule has 0 aromatic carbocycles. The molecule has 1 atom stereocenters. The lowest BCUT2D eigenvalue weighted by Gasteiger charge is -2.30. The predicted molar refractivity (Wildman–Crippen MR) is 49.1 cm³/mol. The average molecular weight is 183 g/mol. The molecule has 0 N–H and O–H groups in total. The fourth-order valence-electron chi connectivity index (χ4n) is 2.45. The van der Waals surface area contributed by atoms with Crippen LogP contribution in [0.4, 0.5) is 0 Å². The lowest BCUT2D eigenvalue weighted by Crippen LogP contribution is -2.45. The number of hydrogen-bond donors (Lipinski definition) is 0. The second-order valence-corrected chi connectivity index (χ2v) is 5.17. The van der Waals surface area contributed by atoms with Gasteiger partial charge >= 0.3 is 0 Å². The normalized spacial score (nSPS) is 35.2. The van der Waals surface area contributed by atoms with E-state index in [0.29, 0.717) is 12.6 Å². The number of amides is 1. The third-order valence-electron chi connectivity index (χ3n) is 3.12. The van der Waals surface area contributed by atoms with Crippen LogP contribution in [-0.4, -0.2) is 29.2 Å². The van der Waals surface area contributed by atoms with Crippen LogP contribution < -0.4 is 0 Å². The van der Waals surface area contributed by atoms with E-state index in [0.717, 1.165) is 6.42 Å². The van der Waals surface area contributed by atoms with Gasteiger partial charge in [-0.25, -0.2) is 0 Å². The van der Waals surface area contributed by atoms with Crippen LogP contribution in [0.1, 0.15) is 34.1 Å². The number of carbonyl (C=O) groups excluding carboxylic acids is 1. The maximum Gasteiger partial charge on any atom is 0.230 e. The number of carbonyl (C=O) groups is 1. The Bertz CT molecular complexity index is 258. The maximum atomic E-state index is 12.0. The van der Waals surface area contributed by atoms with Gasteiger partial charge in [0.05, 0.1) is 12.6 Å². The first-order valence-electron chi connectivity index (χ1n) is 4.82. The molecule has 74 valence electrons. The number of ether oxygens (including phenoxy) is 1. The number of rotatable bonds is 0. The minimum atomic E-state index is -0.393. The fourth-order valence-corrected chi connectivity index (χ4v) is 2.45. The predicted octanol–water partition coefficient (Wildman–Crippen LogP) is 1.38. The highest BCUT2D eigenvalue weighted by molar-refractivity contribution is 5.85. The third kappa shape index (κ3) is 1.10. The Morgan fingerprint density at radius 1 is 1.38 bits per heavy atom. The Labute approximate surface area is 79.0 Å². The van der Waals surface area contributed by atoms with Crippen molar-refractivity contribution in [3.8, 4) is 0 Å². The average Bonchev–Trinajstić information content (AvgIpc) is 2.35. The Hall–Kier alpha value is -0.570. The van der Waals surface area contributed by atoms with E-state index in [1.54, 1.807) is 0 Å². The van der Waals surface area contributed by atoms with E-state index in [-0.39, 0.29) is 11.3 Å². The van der Waals surface area contributed by atoms with E-state index in [1.165, 1.54) is 0 Å². The Kier molecular flexibility index (Phi) is 1.57. The Balaban J connectivity index is 2.32. The molecule has 0 aromatic heterocycles. The van der Waals surface area contributed by atoms with Crippen molar-refractivity contribution >= 4 is 5.91 Å². The summed E-state index contributed by atoms with van der Waals surface area (Å²) in [5.74, 6) is 0.236. The summed E-state index contributed by atoms with van der Waals surface area (Å²) in [5.41, 5.74) is -0.582. The minimum absolute atomic E-state index is 0.189. The van der Waals surface area contributed by atoms with Gasteiger partial charge in [0.15, 0.2) is 0 Å². The van der Waals surface area contributed by atoms with Gasteiger partial charge in [0, 0.05) is 5.41 Å². The van der Waals surface area contributed by atoms with Crippen molar-refractivity contribution in [2.45, 2.75) is 45.9 Å². The van der Waals surface area contributed by atoms with E-state index in [2.05, 4.69) is 0 Å². The van der Waals surface area contributed by atoms with Gasteiger partial charge in [-0.2, -0.15) is 0 Å². The van der Waals surface area contributed by atoms with Crippen molar-refractivity contribution < 1.29 is 9.53 Å². The summed E-state index contributed by atoms with van der Waals surface area (Å²) in [6, 6.07) is 0.303. The van der Waals surface area contributed by atoms with Gasteiger partial charge in [-0.15, -0.1) is 0 Å². The summed E-state index contributed by atoms with van der Waals surface area (Å²) in [6.07, 6.45) is 0.926. The lowest BCUT2D eigenvalue weighted by atomic mass is 9.90. The minimum Gasteiger partial charge on any atom is -0.354 e. The first-order valence-corrected chi connectivity index (χ1v) is 4.82. The Morgan fingerprint density at radius 3 is 2.54 bits per heavy atom. The zero-order chi connectivity index (χ0) is 9.85. The second kappa shape index (κ2) is 2.27. The standard InChI is InChI=1S/C10H17NO2/c1-9(2)5-7-6-13-10(3,4)11(7)8(9)12/h7H,5-6H2,1-4H3/t7-/m0/s1. The van der Waals surface area contributed by atoms with Crippen molar-refractivity contribution in [3.05, 3.63) is 0 Å². The van der Waals surface area contributed by atoms with Gasteiger partial charge in [0.1, 0.15) is 5.72 Å². The number of fused-ring (bicyclic) bond motifs is 1. The van der Waals surface area contributed by atoms with E-state index >= 15 is 0 Å². The van der Waals surface area contributed by atoms with Crippen LogP contribution in [0.2, 0.25) is 0 Å². The van der Waals surface area contributed by atoms with Gasteiger partial charge < -0.3 is 9.64 Å². The number of nitrogens with zero attached hydrogens (tertiary/aromatic N) is 1. The molecule has 2 aliphatic rings. The summed E-state index contributed by atoms with van der Waals surface area (Å²) in [6.45, 7) is 8.66. The monoisotopic (exact) mass is 183 g/mol. The topological polar surface area (TPSA) is 29.5 Å². The molecule has 1 amide bonds. The molecule has 0 bridgehead atoms. The second-order valence-electron chi connectivity index (χ2n) is 5.17. The molecule has 3 heteroatoms. The van der Waals surface area contributed by atoms with Crippen LogP contribution in [-0.2, 0) is 9.53 Å². The zero-order valence-corrected chi connectivity index (χ0v) is 8.76. The molecule has 0 radical (unpaired) electrons. The molecular formula is C10H17NO2. The first-order chi connectivity index (χ1) is 5.84. The van der Waals surface area contributed by atoms with Crippen LogP contribution in [0.15, 0.2) is 0 Å². The Morgan fingerprint density at radius 2 is 2.00 bits per heavy atom. The quantitative estimate of drug-likeness (QED) is 0.568. The lowest BCUT2D eigenvalue weighted by molar-refractivity contribution is -0.148. The molecule has 0 saturated carbocycles. The highest BCUT2D eigenvalue weighted by atomic mass is 16.5. The molecule has 2 aliphatic heterocycles. The molecule has 0 aliphatic carbocycles. The van der Waals surface area contributed by atoms with E-state index < -0.39 is 5.72 Å². The van der Waals surface area contributed by atoms with Gasteiger partial charge in [-0.05, 0) is 20.3 Å². The molecule has 2 heterocycles. The molecule has 13 heavy (non-hydrogen) atoms. The summed E-state index contributed by atoms with van der Waals surface area (Å²) in [4.78, 5) is 13.9. The summed E-state index contributed by atoms with van der Waals surface area (Å²) < 4.78 is 5.58. The zero-order valence-electron chi connectivity index (χ0n) is 8.76. The van der Waals surface area contributed by atoms with Gasteiger partial charge in [0.25, 0.3) is 0 Å². The van der Waals surface area contributed by atoms with Gasteiger partial charge in [-0.1, -0.05) is 13.8 Å². The van der Waals surface area contributed by atoms with Crippen LogP contribution in [0, 0.1) is 5.41 Å². The van der Waals surface area contributed by atoms with Crippen molar-refractivity contribution in [3.63, 3.8) is 0 Å². The molecule has 0 aromatic rings. The highest BCUT2D eigenvalue weighted by Gasteiger charge is 2.54. The smallest absolute Gasteiger partial charge is 0.230 e. The van der Waals surface area contributed by atoms with E-state index in [1.807, 2.05) is 32.6 Å². The van der Waals surface area contributed by atoms with Crippen LogP contribution in [0.3, 0.4) is 0 Å². The largest absolute Gasteiger partial charge is 0.354 e. The van der Waals surface area contributed by atoms with Crippen LogP contribution >= 0.6 is 0 Å². The third-order valence-corrected chi connectivity index (χ3v) is 3.12. The van der Waals surface area contributed by atoms with Crippen molar-refractivity contribution in [1.82, 2.24) is 4.90 Å². The fraction of sp³-hybridized carbons (Fsp3) is 0.900. The highest BCUT2D eigenvalue weighted by Crippen LogP contribution is 2.43. The van der Waals surface area contributed by atoms with Crippen molar-refractivity contribution in [1.29, 1.82) is 0 Å². The SMILES string of the molecule is CC1(C)C[C@H]2COC(C)(C)N2C1=O. The molecular weight excluding hydrogens is 166 g/mol. The van der Waals surface area contributed by atoms with Gasteiger partial charge in [-0.3, -0.25) is 4.79 Å². The summed E-state index contributed by atoms with van der Waals surface area (Å²) in [5, 5.41) is 0. The first kappa shape index (κ1) is 9.00. The van der Waals surface area contributed by atoms with E-state index in [4.69, 9.17) is 4.74 Å². The molecule has 0 spiro atoms. The molecule has 2 saturated heterocycles.